The first-order valence-corrected chi connectivity index (χ1v) is 14.9. The number of aryl methyl sites for hydroxylation is 1. The van der Waals surface area contributed by atoms with Gasteiger partial charge in [0.2, 0.25) is 0 Å². The van der Waals surface area contributed by atoms with Gasteiger partial charge in [-0.3, -0.25) is 14.8 Å². The number of carbonyl (C=O) groups excluding carboxylic acids is 1. The first-order chi connectivity index (χ1) is 18.7. The Labute approximate surface area is 237 Å². The number of carbonyl (C=O) groups is 1. The number of likely N-dealkylation sites (N-methyl/N-ethyl adjacent to an activating group) is 1. The summed E-state index contributed by atoms with van der Waals surface area (Å²) in [5.41, 5.74) is 2.15. The third-order valence-corrected chi connectivity index (χ3v) is 8.57. The normalized spacial score (nSPS) is 31.0. The summed E-state index contributed by atoms with van der Waals surface area (Å²) in [6, 6.07) is 5.13. The van der Waals surface area contributed by atoms with E-state index >= 15 is 4.39 Å². The van der Waals surface area contributed by atoms with Gasteiger partial charge in [0.1, 0.15) is 0 Å². The summed E-state index contributed by atoms with van der Waals surface area (Å²) in [6.45, 7) is 13.4. The van der Waals surface area contributed by atoms with Gasteiger partial charge >= 0.3 is 12.0 Å². The summed E-state index contributed by atoms with van der Waals surface area (Å²) >= 11 is 0. The molecule has 2 atom stereocenters. The van der Waals surface area contributed by atoms with Crippen LogP contribution in [-0.2, 0) is 11.2 Å². The lowest BCUT2D eigenvalue weighted by molar-refractivity contribution is -0.192. The van der Waals surface area contributed by atoms with Crippen LogP contribution < -0.4 is 9.64 Å². The standard InChI is InChI=1S/C32H46F3N3O2/c1-7-38-27-14-12-22(15-28(27)40-32(34,35)29(38)39)11-13-23-9-8-10-26(25(33)20-36-23)37-24-18-30(3,4)16-21(2)17-31(5,6)19-24/h12,14-15,20-21,23-25H,7-11,13,16-19H2,1-6H3. The summed E-state index contributed by atoms with van der Waals surface area (Å²) in [6.07, 6.45) is 4.04. The largest absolute Gasteiger partial charge is 0.482 e. The van der Waals surface area contributed by atoms with Crippen molar-refractivity contribution in [1.82, 2.24) is 0 Å². The Morgan fingerprint density at radius 2 is 1.77 bits per heavy atom. The first-order valence-electron chi connectivity index (χ1n) is 14.9. The number of aliphatic imine (C=N–C) groups is 2. The predicted octanol–water partition coefficient (Wildman–Crippen LogP) is 7.99. The van der Waals surface area contributed by atoms with Gasteiger partial charge in [0.25, 0.3) is 0 Å². The molecule has 40 heavy (non-hydrogen) atoms. The van der Waals surface area contributed by atoms with Gasteiger partial charge in [-0.1, -0.05) is 40.7 Å². The highest BCUT2D eigenvalue weighted by molar-refractivity contribution is 6.02. The number of hydrogen-bond acceptors (Lipinski definition) is 4. The second kappa shape index (κ2) is 11.8. The van der Waals surface area contributed by atoms with Gasteiger partial charge in [0.15, 0.2) is 11.9 Å². The maximum atomic E-state index is 15.4. The van der Waals surface area contributed by atoms with E-state index in [1.807, 2.05) is 6.07 Å². The van der Waals surface area contributed by atoms with Gasteiger partial charge in [-0.25, -0.2) is 4.39 Å². The van der Waals surface area contributed by atoms with Crippen molar-refractivity contribution in [3.63, 3.8) is 0 Å². The number of alkyl halides is 3. The summed E-state index contributed by atoms with van der Waals surface area (Å²) < 4.78 is 48.3. The van der Waals surface area contributed by atoms with E-state index in [9.17, 15) is 13.6 Å². The van der Waals surface area contributed by atoms with Gasteiger partial charge in [-0.05, 0) is 99.2 Å². The fourth-order valence-electron chi connectivity index (χ4n) is 7.28. The van der Waals surface area contributed by atoms with Gasteiger partial charge < -0.3 is 9.64 Å². The Morgan fingerprint density at radius 1 is 1.10 bits per heavy atom. The van der Waals surface area contributed by atoms with Crippen molar-refractivity contribution in [2.75, 3.05) is 11.4 Å². The molecular weight excluding hydrogens is 515 g/mol. The maximum Gasteiger partial charge on any atom is 0.482 e. The zero-order valence-corrected chi connectivity index (χ0v) is 25.0. The van der Waals surface area contributed by atoms with E-state index in [0.29, 0.717) is 36.6 Å². The molecule has 2 aliphatic heterocycles. The topological polar surface area (TPSA) is 54.3 Å². The molecule has 0 bridgehead atoms. The molecule has 1 saturated carbocycles. The van der Waals surface area contributed by atoms with Crippen LogP contribution >= 0.6 is 0 Å². The first kappa shape index (κ1) is 30.6. The molecule has 1 amide bonds. The molecule has 0 saturated heterocycles. The molecule has 1 fully saturated rings. The Balaban J connectivity index is 1.41. The van der Waals surface area contributed by atoms with Crippen molar-refractivity contribution in [1.29, 1.82) is 0 Å². The monoisotopic (exact) mass is 561 g/mol. The van der Waals surface area contributed by atoms with Gasteiger partial charge in [0, 0.05) is 12.8 Å². The second-order valence-electron chi connectivity index (χ2n) is 13.8. The van der Waals surface area contributed by atoms with E-state index in [2.05, 4.69) is 39.6 Å². The lowest BCUT2D eigenvalue weighted by Crippen LogP contribution is -2.50. The highest BCUT2D eigenvalue weighted by Crippen LogP contribution is 2.44. The molecule has 0 N–H and O–H groups in total. The average molecular weight is 562 g/mol. The number of rotatable bonds is 5. The Morgan fingerprint density at radius 3 is 2.42 bits per heavy atom. The smallest absolute Gasteiger partial charge is 0.423 e. The van der Waals surface area contributed by atoms with E-state index in [1.165, 1.54) is 6.21 Å². The summed E-state index contributed by atoms with van der Waals surface area (Å²) in [5.74, 6) is -0.674. The fourth-order valence-corrected chi connectivity index (χ4v) is 7.28. The zero-order valence-electron chi connectivity index (χ0n) is 25.0. The minimum atomic E-state index is -3.87. The molecule has 0 spiro atoms. The molecule has 1 aromatic rings. The Hall–Kier alpha value is -2.38. The van der Waals surface area contributed by atoms with Crippen molar-refractivity contribution in [2.24, 2.45) is 26.7 Å². The molecule has 0 radical (unpaired) electrons. The third-order valence-electron chi connectivity index (χ3n) is 8.57. The molecule has 2 unspecified atom stereocenters. The van der Waals surface area contributed by atoms with Crippen molar-refractivity contribution in [2.45, 2.75) is 124 Å². The fraction of sp³-hybridized carbons (Fsp3) is 0.719. The van der Waals surface area contributed by atoms with Crippen LogP contribution in [0.15, 0.2) is 28.2 Å². The summed E-state index contributed by atoms with van der Waals surface area (Å²) in [5, 5.41) is 0. The minimum absolute atomic E-state index is 0.00446. The van der Waals surface area contributed by atoms with E-state index in [4.69, 9.17) is 9.73 Å². The molecule has 5 nitrogen and oxygen atoms in total. The highest BCUT2D eigenvalue weighted by Gasteiger charge is 2.50. The Kier molecular flexibility index (Phi) is 9.06. The molecule has 4 rings (SSSR count). The van der Waals surface area contributed by atoms with E-state index in [-0.39, 0.29) is 35.2 Å². The van der Waals surface area contributed by atoms with Crippen LogP contribution in [0, 0.1) is 16.7 Å². The molecule has 222 valence electrons. The third kappa shape index (κ3) is 7.47. The number of fused-ring (bicyclic) bond motifs is 1. The minimum Gasteiger partial charge on any atom is -0.423 e. The van der Waals surface area contributed by atoms with Crippen LogP contribution in [0.4, 0.5) is 18.9 Å². The number of nitrogens with zero attached hydrogens (tertiary/aromatic N) is 3. The average Bonchev–Trinajstić information content (AvgIpc) is 2.81. The van der Waals surface area contributed by atoms with Crippen LogP contribution in [0.3, 0.4) is 0 Å². The Bertz CT molecular complexity index is 1110. The zero-order chi connectivity index (χ0) is 29.3. The number of benzene rings is 1. The van der Waals surface area contributed by atoms with Crippen LogP contribution in [0.5, 0.6) is 5.75 Å². The highest BCUT2D eigenvalue weighted by atomic mass is 19.3. The molecule has 3 aliphatic rings. The van der Waals surface area contributed by atoms with Crippen molar-refractivity contribution < 1.29 is 22.7 Å². The van der Waals surface area contributed by atoms with Gasteiger partial charge in [-0.15, -0.1) is 0 Å². The number of anilines is 1. The molecular formula is C32H46F3N3O2. The van der Waals surface area contributed by atoms with Crippen molar-refractivity contribution in [3.05, 3.63) is 23.8 Å². The summed E-state index contributed by atoms with van der Waals surface area (Å²) in [4.78, 5) is 22.6. The number of ether oxygens (including phenoxy) is 1. The molecule has 8 heteroatoms. The predicted molar refractivity (Wildman–Crippen MR) is 156 cm³/mol. The number of amides is 1. The van der Waals surface area contributed by atoms with Crippen molar-refractivity contribution >= 4 is 23.5 Å². The molecule has 1 aromatic carbocycles. The summed E-state index contributed by atoms with van der Waals surface area (Å²) in [7, 11) is 0. The van der Waals surface area contributed by atoms with Crippen LogP contribution in [-0.4, -0.2) is 48.7 Å². The molecule has 2 heterocycles. The molecule has 0 aromatic heterocycles. The number of halogens is 3. The van der Waals surface area contributed by atoms with Gasteiger partial charge in [0.05, 0.1) is 23.5 Å². The van der Waals surface area contributed by atoms with Gasteiger partial charge in [-0.2, -0.15) is 8.78 Å². The van der Waals surface area contributed by atoms with E-state index in [1.54, 1.807) is 19.1 Å². The lowest BCUT2D eigenvalue weighted by atomic mass is 9.67. The SMILES string of the molecule is CCN1C(=O)C(F)(F)Oc2cc(CCC3CCCC(=NC4CC(C)(C)CC(C)CC(C)(C)C4)C(F)C=N3)ccc21. The van der Waals surface area contributed by atoms with E-state index < -0.39 is 18.2 Å². The van der Waals surface area contributed by atoms with Crippen LogP contribution in [0.1, 0.15) is 98.5 Å². The maximum absolute atomic E-state index is 15.4. The van der Waals surface area contributed by atoms with Crippen LogP contribution in [0.25, 0.3) is 0 Å². The van der Waals surface area contributed by atoms with E-state index in [0.717, 1.165) is 49.0 Å². The second-order valence-corrected chi connectivity index (χ2v) is 13.8. The van der Waals surface area contributed by atoms with Crippen LogP contribution in [0.2, 0.25) is 0 Å². The number of hydrogen-bond donors (Lipinski definition) is 0. The quantitative estimate of drug-likeness (QED) is 0.366. The molecule has 1 aliphatic carbocycles. The van der Waals surface area contributed by atoms with Crippen molar-refractivity contribution in [3.8, 4) is 5.75 Å². The lowest BCUT2D eigenvalue weighted by Gasteiger charge is -2.40.